The monoisotopic (exact) mass is 596 g/mol. The first kappa shape index (κ1) is 30.8. The van der Waals surface area contributed by atoms with Gasteiger partial charge in [-0.1, -0.05) is 57.6 Å². The Labute approximate surface area is 239 Å². The minimum atomic E-state index is -4.00. The number of hydrogen-bond donors (Lipinski definition) is 1. The fourth-order valence-corrected chi connectivity index (χ4v) is 9.60. The van der Waals surface area contributed by atoms with Crippen molar-refractivity contribution in [2.75, 3.05) is 35.9 Å². The van der Waals surface area contributed by atoms with Crippen LogP contribution < -0.4 is 9.03 Å². The molecule has 1 aromatic rings. The predicted octanol–water partition coefficient (Wildman–Crippen LogP) is 2.84. The van der Waals surface area contributed by atoms with Crippen molar-refractivity contribution in [2.45, 2.75) is 89.3 Å². The molecule has 224 valence electrons. The van der Waals surface area contributed by atoms with Crippen molar-refractivity contribution in [3.05, 3.63) is 29.8 Å². The summed E-state index contributed by atoms with van der Waals surface area (Å²) in [6, 6.07) is 6.02. The molecule has 0 aromatic heterocycles. The third kappa shape index (κ3) is 6.82. The zero-order valence-electron chi connectivity index (χ0n) is 24.0. The Morgan fingerprint density at radius 3 is 2.10 bits per heavy atom. The van der Waals surface area contributed by atoms with E-state index in [-0.39, 0.29) is 17.5 Å². The first-order valence-electron chi connectivity index (χ1n) is 14.5. The largest absolute Gasteiger partial charge is 0.342 e. The number of hydrogen-bond acceptors (Lipinski definition) is 7. The minimum Gasteiger partial charge on any atom is -0.342 e. The number of carbonyl (C=O) groups is 2. The highest BCUT2D eigenvalue weighted by molar-refractivity contribution is 8.09. The summed E-state index contributed by atoms with van der Waals surface area (Å²) >= 11 is 0. The van der Waals surface area contributed by atoms with Crippen LogP contribution in [-0.2, 0) is 36.2 Å². The molecule has 2 aliphatic heterocycles. The molecule has 1 aliphatic carbocycles. The number of nitrogens with zero attached hydrogens (tertiary/aromatic N) is 3. The highest BCUT2D eigenvalue weighted by Crippen LogP contribution is 2.36. The lowest BCUT2D eigenvalue weighted by molar-refractivity contribution is -0.162. The molecule has 0 radical (unpaired) electrons. The van der Waals surface area contributed by atoms with E-state index in [9.17, 15) is 26.4 Å². The van der Waals surface area contributed by atoms with E-state index in [0.717, 1.165) is 50.2 Å². The van der Waals surface area contributed by atoms with Gasteiger partial charge < -0.3 is 10.2 Å². The number of nitrogens with one attached hydrogen (secondary N) is 1. The summed E-state index contributed by atoms with van der Waals surface area (Å²) in [5.74, 6) is 0.555. The lowest BCUT2D eigenvalue weighted by Crippen LogP contribution is -2.73. The van der Waals surface area contributed by atoms with E-state index in [1.54, 1.807) is 12.1 Å². The second-order valence-corrected chi connectivity index (χ2v) is 15.7. The van der Waals surface area contributed by atoms with E-state index in [1.165, 1.54) is 31.4 Å². The molecule has 4 rings (SSSR count). The SMILES string of the molecule is CCCCN1C(=O)[C@H](CC2CCCCC2)NC(=O)C12CCN(Cc1ccc(N(S(C)(=O)=O)S(C)(=O)=O)cc1)CC2. The van der Waals surface area contributed by atoms with Gasteiger partial charge in [0, 0.05) is 26.2 Å². The summed E-state index contributed by atoms with van der Waals surface area (Å²) in [5, 5.41) is 3.13. The molecule has 3 fully saturated rings. The Morgan fingerprint density at radius 2 is 1.55 bits per heavy atom. The molecule has 0 bridgehead atoms. The average Bonchev–Trinajstić information content (AvgIpc) is 2.88. The molecule has 2 heterocycles. The molecule has 2 amide bonds. The summed E-state index contributed by atoms with van der Waals surface area (Å²) in [7, 11) is -8.00. The van der Waals surface area contributed by atoms with Crippen LogP contribution in [0.1, 0.15) is 76.7 Å². The van der Waals surface area contributed by atoms with Crippen LogP contribution in [0.5, 0.6) is 0 Å². The third-order valence-corrected chi connectivity index (χ3v) is 11.9. The van der Waals surface area contributed by atoms with Gasteiger partial charge in [-0.3, -0.25) is 14.5 Å². The van der Waals surface area contributed by atoms with Gasteiger partial charge in [-0.05, 0) is 49.3 Å². The van der Waals surface area contributed by atoms with Gasteiger partial charge in [0.25, 0.3) is 0 Å². The van der Waals surface area contributed by atoms with Gasteiger partial charge in [0.05, 0.1) is 18.2 Å². The third-order valence-electron chi connectivity index (χ3n) is 8.68. The molecule has 0 unspecified atom stereocenters. The lowest BCUT2D eigenvalue weighted by atomic mass is 9.79. The van der Waals surface area contributed by atoms with E-state index < -0.39 is 31.6 Å². The molecule has 1 atom stereocenters. The zero-order chi connectivity index (χ0) is 29.1. The van der Waals surface area contributed by atoms with Gasteiger partial charge in [-0.15, -0.1) is 0 Å². The predicted molar refractivity (Wildman–Crippen MR) is 156 cm³/mol. The molecule has 10 nitrogen and oxygen atoms in total. The fraction of sp³-hybridized carbons (Fsp3) is 0.714. The van der Waals surface area contributed by atoms with Crippen LogP contribution in [0.3, 0.4) is 0 Å². The molecule has 12 heteroatoms. The lowest BCUT2D eigenvalue weighted by Gasteiger charge is -2.52. The molecule has 1 aromatic carbocycles. The fourth-order valence-electron chi connectivity index (χ4n) is 6.62. The van der Waals surface area contributed by atoms with Gasteiger partial charge in [-0.25, -0.2) is 16.8 Å². The summed E-state index contributed by atoms with van der Waals surface area (Å²) in [6.07, 6.45) is 11.3. The molecule has 1 spiro atoms. The number of piperidine rings is 1. The molecule has 2 saturated heterocycles. The van der Waals surface area contributed by atoms with E-state index in [0.29, 0.717) is 48.6 Å². The van der Waals surface area contributed by atoms with Crippen molar-refractivity contribution in [1.29, 1.82) is 0 Å². The van der Waals surface area contributed by atoms with Crippen LogP contribution in [0.4, 0.5) is 5.69 Å². The van der Waals surface area contributed by atoms with Crippen molar-refractivity contribution in [3.8, 4) is 0 Å². The van der Waals surface area contributed by atoms with Crippen LogP contribution >= 0.6 is 0 Å². The summed E-state index contributed by atoms with van der Waals surface area (Å²) in [4.78, 5) is 31.5. The van der Waals surface area contributed by atoms with E-state index in [2.05, 4.69) is 17.1 Å². The standard InChI is InChI=1S/C28H44N4O6S2/c1-4-5-17-31-26(33)25(20-22-9-7-6-8-10-22)29-27(34)28(31)15-18-30(19-16-28)21-23-11-13-24(14-12-23)32(39(2,35)36)40(3,37)38/h11-14,22,25H,4-10,15-21H2,1-3H3,(H,29,34)/t25-/m0/s1. The molecule has 3 aliphatic rings. The number of sulfonamides is 2. The van der Waals surface area contributed by atoms with Gasteiger partial charge in [0.15, 0.2) is 0 Å². The van der Waals surface area contributed by atoms with Crippen molar-refractivity contribution < 1.29 is 26.4 Å². The number of piperazine rings is 1. The molecular weight excluding hydrogens is 552 g/mol. The van der Waals surface area contributed by atoms with Crippen LogP contribution in [-0.4, -0.2) is 82.2 Å². The van der Waals surface area contributed by atoms with Gasteiger partial charge in [-0.2, -0.15) is 3.71 Å². The molecule has 40 heavy (non-hydrogen) atoms. The maximum atomic E-state index is 13.7. The normalized spacial score (nSPS) is 22.9. The Balaban J connectivity index is 1.43. The number of anilines is 1. The highest BCUT2D eigenvalue weighted by atomic mass is 32.3. The number of amides is 2. The maximum Gasteiger partial charge on any atom is 0.246 e. The molecular formula is C28H44N4O6S2. The van der Waals surface area contributed by atoms with Crippen LogP contribution in [0, 0.1) is 5.92 Å². The van der Waals surface area contributed by atoms with Gasteiger partial charge in [0.1, 0.15) is 11.6 Å². The van der Waals surface area contributed by atoms with Crippen LogP contribution in [0.15, 0.2) is 24.3 Å². The van der Waals surface area contributed by atoms with E-state index >= 15 is 0 Å². The second kappa shape index (κ2) is 12.4. The van der Waals surface area contributed by atoms with Crippen molar-refractivity contribution in [2.24, 2.45) is 5.92 Å². The number of carbonyl (C=O) groups excluding carboxylic acids is 2. The smallest absolute Gasteiger partial charge is 0.246 e. The summed E-state index contributed by atoms with van der Waals surface area (Å²) in [5.41, 5.74) is 0.153. The number of likely N-dealkylation sites (tertiary alicyclic amines) is 1. The second-order valence-electron chi connectivity index (χ2n) is 11.8. The number of unbranched alkanes of at least 4 members (excludes halogenated alkanes) is 1. The van der Waals surface area contributed by atoms with Crippen molar-refractivity contribution in [1.82, 2.24) is 15.1 Å². The Kier molecular flexibility index (Phi) is 9.51. The van der Waals surface area contributed by atoms with Crippen molar-refractivity contribution in [3.63, 3.8) is 0 Å². The first-order valence-corrected chi connectivity index (χ1v) is 18.2. The minimum absolute atomic E-state index is 0.0188. The van der Waals surface area contributed by atoms with Crippen molar-refractivity contribution >= 4 is 37.5 Å². The topological polar surface area (TPSA) is 124 Å². The zero-order valence-corrected chi connectivity index (χ0v) is 25.6. The number of benzene rings is 1. The molecule has 1 saturated carbocycles. The molecule has 1 N–H and O–H groups in total. The Bertz CT molecular complexity index is 1240. The van der Waals surface area contributed by atoms with Crippen LogP contribution in [0.25, 0.3) is 0 Å². The average molecular weight is 597 g/mol. The van der Waals surface area contributed by atoms with E-state index in [4.69, 9.17) is 0 Å². The van der Waals surface area contributed by atoms with Crippen LogP contribution in [0.2, 0.25) is 0 Å². The summed E-state index contributed by atoms with van der Waals surface area (Å²) in [6.45, 7) is 4.54. The highest BCUT2D eigenvalue weighted by Gasteiger charge is 2.53. The summed E-state index contributed by atoms with van der Waals surface area (Å²) < 4.78 is 48.7. The number of rotatable bonds is 10. The quantitative estimate of drug-likeness (QED) is 0.441. The van der Waals surface area contributed by atoms with Gasteiger partial charge >= 0.3 is 0 Å². The van der Waals surface area contributed by atoms with E-state index in [1.807, 2.05) is 4.90 Å². The Hall–Kier alpha value is -2.18. The maximum absolute atomic E-state index is 13.7. The van der Waals surface area contributed by atoms with Gasteiger partial charge in [0.2, 0.25) is 31.9 Å². The Morgan fingerprint density at radius 1 is 0.950 bits per heavy atom. The first-order chi connectivity index (χ1) is 18.8.